The molecular formula is C33H50. The molecule has 1 unspecified atom stereocenters. The number of unbranched alkanes of at least 4 members (excludes halogenated alkanes) is 3. The Hall–Kier alpha value is -1.82. The summed E-state index contributed by atoms with van der Waals surface area (Å²) in [6, 6.07) is 0. The highest BCUT2D eigenvalue weighted by Gasteiger charge is 2.28. The van der Waals surface area contributed by atoms with Crippen LogP contribution in [0.1, 0.15) is 106 Å². The first-order valence-corrected chi connectivity index (χ1v) is 13.6. The van der Waals surface area contributed by atoms with Gasteiger partial charge in [0.1, 0.15) is 0 Å². The van der Waals surface area contributed by atoms with Crippen LogP contribution in [-0.2, 0) is 0 Å². The summed E-state index contributed by atoms with van der Waals surface area (Å²) in [5.74, 6) is 1.91. The highest BCUT2D eigenvalue weighted by Crippen LogP contribution is 2.43. The van der Waals surface area contributed by atoms with Gasteiger partial charge in [-0.1, -0.05) is 101 Å². The lowest BCUT2D eigenvalue weighted by Gasteiger charge is -2.18. The van der Waals surface area contributed by atoms with E-state index in [0.29, 0.717) is 11.8 Å². The molecule has 1 fully saturated rings. The van der Waals surface area contributed by atoms with E-state index in [9.17, 15) is 0 Å². The highest BCUT2D eigenvalue weighted by molar-refractivity contribution is 5.49. The zero-order chi connectivity index (χ0) is 24.2. The lowest BCUT2D eigenvalue weighted by atomic mass is 9.87. The molecule has 2 aliphatic carbocycles. The maximum atomic E-state index is 4.61. The van der Waals surface area contributed by atoms with Gasteiger partial charge in [-0.3, -0.25) is 0 Å². The topological polar surface area (TPSA) is 0 Å². The second-order valence-electron chi connectivity index (χ2n) is 10.8. The second-order valence-corrected chi connectivity index (χ2v) is 10.8. The van der Waals surface area contributed by atoms with Crippen LogP contribution >= 0.6 is 0 Å². The Morgan fingerprint density at radius 3 is 2.55 bits per heavy atom. The van der Waals surface area contributed by atoms with E-state index in [4.69, 9.17) is 0 Å². The van der Waals surface area contributed by atoms with Gasteiger partial charge in [0.2, 0.25) is 0 Å². The lowest BCUT2D eigenvalue weighted by molar-refractivity contribution is 0.572. The molecule has 0 aromatic carbocycles. The van der Waals surface area contributed by atoms with E-state index in [2.05, 4.69) is 90.7 Å². The minimum absolute atomic E-state index is 0.500. The van der Waals surface area contributed by atoms with E-state index >= 15 is 0 Å². The predicted octanol–water partition coefficient (Wildman–Crippen LogP) is 10.6. The zero-order valence-electron chi connectivity index (χ0n) is 22.6. The molecule has 2 rings (SSSR count). The van der Waals surface area contributed by atoms with Crippen molar-refractivity contribution < 1.29 is 0 Å². The van der Waals surface area contributed by atoms with Crippen LogP contribution in [0.5, 0.6) is 0 Å². The fourth-order valence-electron chi connectivity index (χ4n) is 4.62. The molecule has 1 atom stereocenters. The fraction of sp³-hybridized carbons (Fsp3) is 0.576. The van der Waals surface area contributed by atoms with Crippen molar-refractivity contribution in [1.82, 2.24) is 0 Å². The van der Waals surface area contributed by atoms with Crippen molar-refractivity contribution in [3.05, 3.63) is 82.5 Å². The van der Waals surface area contributed by atoms with E-state index < -0.39 is 0 Å². The van der Waals surface area contributed by atoms with Crippen LogP contribution in [0.2, 0.25) is 0 Å². The first kappa shape index (κ1) is 27.4. The van der Waals surface area contributed by atoms with Gasteiger partial charge in [-0.15, -0.1) is 0 Å². The molecule has 182 valence electrons. The Morgan fingerprint density at radius 2 is 1.88 bits per heavy atom. The van der Waals surface area contributed by atoms with Gasteiger partial charge >= 0.3 is 0 Å². The van der Waals surface area contributed by atoms with Gasteiger partial charge in [0.15, 0.2) is 0 Å². The average Bonchev–Trinajstić information content (AvgIpc) is 3.62. The first-order chi connectivity index (χ1) is 15.8. The van der Waals surface area contributed by atoms with E-state index in [-0.39, 0.29) is 0 Å². The molecular weight excluding hydrogens is 396 g/mol. The summed E-state index contributed by atoms with van der Waals surface area (Å²) in [5, 5.41) is 0. The summed E-state index contributed by atoms with van der Waals surface area (Å²) < 4.78 is 0. The van der Waals surface area contributed by atoms with E-state index in [1.807, 2.05) is 0 Å². The van der Waals surface area contributed by atoms with Crippen LogP contribution in [-0.4, -0.2) is 0 Å². The van der Waals surface area contributed by atoms with Crippen molar-refractivity contribution in [2.45, 2.75) is 106 Å². The number of hydrogen-bond acceptors (Lipinski definition) is 0. The van der Waals surface area contributed by atoms with Gasteiger partial charge in [0.05, 0.1) is 0 Å². The molecule has 0 aliphatic heterocycles. The van der Waals surface area contributed by atoms with Crippen molar-refractivity contribution in [1.29, 1.82) is 0 Å². The monoisotopic (exact) mass is 446 g/mol. The Labute approximate surface area is 206 Å². The quantitative estimate of drug-likeness (QED) is 0.184. The Morgan fingerprint density at radius 1 is 1.12 bits per heavy atom. The molecule has 0 spiro atoms. The van der Waals surface area contributed by atoms with E-state index in [1.54, 1.807) is 0 Å². The molecule has 0 aromatic heterocycles. The molecule has 0 aromatic rings. The molecule has 0 heterocycles. The fourth-order valence-corrected chi connectivity index (χ4v) is 4.62. The van der Waals surface area contributed by atoms with Crippen LogP contribution in [0.3, 0.4) is 0 Å². The Kier molecular flexibility index (Phi) is 12.0. The van der Waals surface area contributed by atoms with Gasteiger partial charge in [-0.2, -0.15) is 0 Å². The van der Waals surface area contributed by atoms with Crippen molar-refractivity contribution in [3.63, 3.8) is 0 Å². The van der Waals surface area contributed by atoms with Crippen molar-refractivity contribution in [2.24, 2.45) is 17.8 Å². The summed E-state index contributed by atoms with van der Waals surface area (Å²) in [6.07, 6.45) is 29.0. The summed E-state index contributed by atoms with van der Waals surface area (Å²) in [6.45, 7) is 18.4. The Balaban J connectivity index is 1.99. The molecule has 0 amide bonds. The minimum atomic E-state index is 0.500. The normalized spacial score (nSPS) is 18.8. The second kappa shape index (κ2) is 14.4. The highest BCUT2D eigenvalue weighted by atomic mass is 14.3. The van der Waals surface area contributed by atoms with E-state index in [0.717, 1.165) is 12.3 Å². The smallest absolute Gasteiger partial charge is 0.0135 e. The van der Waals surface area contributed by atoms with Crippen LogP contribution in [0.15, 0.2) is 82.5 Å². The van der Waals surface area contributed by atoms with Crippen LogP contribution in [0.4, 0.5) is 0 Å². The molecule has 0 radical (unpaired) electrons. The summed E-state index contributed by atoms with van der Waals surface area (Å²) in [5.41, 5.74) is 8.71. The molecule has 0 bridgehead atoms. The standard InChI is InChI=1S/C33H50/c1-8-9-16-27(5)28(6)20-23-32(25(2)3)29(7)33(31-21-22-31)19-12-10-11-17-30-18-14-13-15-26(4)24-30/h13-14,18-20,23-25,27,31H,7-12,15-17,21-22H2,1-6H3. The molecule has 1 saturated carbocycles. The van der Waals surface area contributed by atoms with Gasteiger partial charge in [-0.25, -0.2) is 0 Å². The Bertz CT molecular complexity index is 814. The molecule has 0 N–H and O–H groups in total. The third-order valence-electron chi connectivity index (χ3n) is 7.23. The van der Waals surface area contributed by atoms with Gasteiger partial charge in [0, 0.05) is 0 Å². The van der Waals surface area contributed by atoms with Gasteiger partial charge in [0.25, 0.3) is 0 Å². The predicted molar refractivity (Wildman–Crippen MR) is 149 cm³/mol. The van der Waals surface area contributed by atoms with Crippen LogP contribution in [0, 0.1) is 17.8 Å². The third kappa shape index (κ3) is 9.91. The average molecular weight is 447 g/mol. The zero-order valence-corrected chi connectivity index (χ0v) is 22.6. The number of rotatable bonds is 14. The van der Waals surface area contributed by atoms with Crippen LogP contribution in [0.25, 0.3) is 0 Å². The summed E-state index contributed by atoms with van der Waals surface area (Å²) >= 11 is 0. The van der Waals surface area contributed by atoms with Gasteiger partial charge in [-0.05, 0) is 105 Å². The van der Waals surface area contributed by atoms with Crippen molar-refractivity contribution in [3.8, 4) is 0 Å². The van der Waals surface area contributed by atoms with E-state index in [1.165, 1.54) is 91.2 Å². The third-order valence-corrected chi connectivity index (χ3v) is 7.23. The summed E-state index contributed by atoms with van der Waals surface area (Å²) in [7, 11) is 0. The minimum Gasteiger partial charge on any atom is -0.0912 e. The maximum Gasteiger partial charge on any atom is -0.0135 e. The molecule has 0 heteroatoms. The summed E-state index contributed by atoms with van der Waals surface area (Å²) in [4.78, 5) is 0. The number of allylic oxidation sites excluding steroid dienone is 13. The van der Waals surface area contributed by atoms with Gasteiger partial charge < -0.3 is 0 Å². The van der Waals surface area contributed by atoms with Crippen molar-refractivity contribution >= 4 is 0 Å². The maximum absolute atomic E-state index is 4.61. The SMILES string of the molecule is C=C(C(=CC=C(C)C(C)CCCC)C(C)C)C(=CCCCCC1=CC=CCC(C)=C1)C1CC1. The largest absolute Gasteiger partial charge is 0.0912 e. The van der Waals surface area contributed by atoms with Crippen LogP contribution < -0.4 is 0 Å². The molecule has 33 heavy (non-hydrogen) atoms. The molecule has 0 nitrogen and oxygen atoms in total. The first-order valence-electron chi connectivity index (χ1n) is 13.6. The lowest BCUT2D eigenvalue weighted by Crippen LogP contribution is -2.03. The van der Waals surface area contributed by atoms with Crippen molar-refractivity contribution in [2.75, 3.05) is 0 Å². The molecule has 2 aliphatic rings. The number of hydrogen-bond donors (Lipinski definition) is 0. The molecule has 0 saturated heterocycles.